The first-order valence-electron chi connectivity index (χ1n) is 6.87. The molecule has 0 aliphatic carbocycles. The molecule has 0 spiro atoms. The van der Waals surface area contributed by atoms with Crippen LogP contribution in [0.15, 0.2) is 36.7 Å². The molecule has 1 aliphatic heterocycles. The van der Waals surface area contributed by atoms with Crippen molar-refractivity contribution in [3.63, 3.8) is 0 Å². The summed E-state index contributed by atoms with van der Waals surface area (Å²) in [5.41, 5.74) is 7.61. The molecule has 104 valence electrons. The van der Waals surface area contributed by atoms with E-state index < -0.39 is 0 Å². The molecule has 0 radical (unpaired) electrons. The van der Waals surface area contributed by atoms with E-state index in [2.05, 4.69) is 32.8 Å². The molecular weight excluding hydrogens is 250 g/mol. The number of aromatic nitrogens is 2. The summed E-state index contributed by atoms with van der Waals surface area (Å²) in [6, 6.07) is 7.97. The highest BCUT2D eigenvalue weighted by molar-refractivity contribution is 5.50. The molecule has 0 saturated carbocycles. The number of anilines is 3. The van der Waals surface area contributed by atoms with Crippen LogP contribution in [0.3, 0.4) is 0 Å². The van der Waals surface area contributed by atoms with Gasteiger partial charge in [0.25, 0.3) is 0 Å². The van der Waals surface area contributed by atoms with Crippen molar-refractivity contribution < 1.29 is 0 Å². The molecule has 3 rings (SSSR count). The van der Waals surface area contributed by atoms with Gasteiger partial charge in [-0.05, 0) is 30.7 Å². The lowest BCUT2D eigenvalue weighted by atomic mass is 10.2. The predicted octanol–water partition coefficient (Wildman–Crippen LogP) is 1.69. The van der Waals surface area contributed by atoms with Crippen LogP contribution in [0.25, 0.3) is 0 Å². The number of nitrogens with zero attached hydrogens (tertiary/aromatic N) is 4. The Hall–Kier alpha value is -2.30. The van der Waals surface area contributed by atoms with Gasteiger partial charge in [-0.2, -0.15) is 0 Å². The average Bonchev–Trinajstić information content (AvgIpc) is 2.49. The number of piperazine rings is 1. The van der Waals surface area contributed by atoms with Crippen LogP contribution in [0.2, 0.25) is 0 Å². The van der Waals surface area contributed by atoms with Crippen LogP contribution in [0, 0.1) is 6.92 Å². The summed E-state index contributed by atoms with van der Waals surface area (Å²) in [6.07, 6.45) is 3.57. The lowest BCUT2D eigenvalue weighted by molar-refractivity contribution is 0.640. The van der Waals surface area contributed by atoms with Gasteiger partial charge in [0, 0.05) is 32.4 Å². The molecule has 0 atom stereocenters. The van der Waals surface area contributed by atoms with E-state index in [1.54, 1.807) is 6.20 Å². The van der Waals surface area contributed by atoms with Crippen LogP contribution in [0.5, 0.6) is 0 Å². The molecule has 0 aromatic carbocycles. The van der Waals surface area contributed by atoms with E-state index in [-0.39, 0.29) is 0 Å². The standard InChI is InChI=1S/C15H19N5/c1-12-3-2-6-17-15(12)20-9-7-19(8-10-20)14-5-4-13(16)11-18-14/h2-6,11H,7-10,16H2,1H3. The fourth-order valence-corrected chi connectivity index (χ4v) is 2.54. The monoisotopic (exact) mass is 269 g/mol. The molecule has 2 aromatic heterocycles. The second kappa shape index (κ2) is 5.36. The van der Waals surface area contributed by atoms with E-state index in [1.165, 1.54) is 5.56 Å². The fourth-order valence-electron chi connectivity index (χ4n) is 2.54. The molecule has 1 fully saturated rings. The molecule has 1 saturated heterocycles. The van der Waals surface area contributed by atoms with Gasteiger partial charge in [0.15, 0.2) is 0 Å². The molecule has 0 bridgehead atoms. The minimum Gasteiger partial charge on any atom is -0.397 e. The Morgan fingerprint density at radius 2 is 1.75 bits per heavy atom. The molecule has 2 aromatic rings. The zero-order valence-corrected chi connectivity index (χ0v) is 11.7. The number of rotatable bonds is 2. The first-order valence-corrected chi connectivity index (χ1v) is 6.87. The zero-order chi connectivity index (χ0) is 13.9. The maximum Gasteiger partial charge on any atom is 0.131 e. The molecule has 5 heteroatoms. The molecular formula is C15H19N5. The zero-order valence-electron chi connectivity index (χ0n) is 11.7. The third-order valence-corrected chi connectivity index (χ3v) is 3.66. The first-order chi connectivity index (χ1) is 9.74. The molecule has 0 amide bonds. The number of nitrogen functional groups attached to an aromatic ring is 1. The topological polar surface area (TPSA) is 58.3 Å². The van der Waals surface area contributed by atoms with E-state index in [0.29, 0.717) is 5.69 Å². The lowest BCUT2D eigenvalue weighted by Gasteiger charge is -2.36. The van der Waals surface area contributed by atoms with Crippen molar-refractivity contribution in [2.24, 2.45) is 0 Å². The van der Waals surface area contributed by atoms with Crippen molar-refractivity contribution in [2.75, 3.05) is 41.7 Å². The summed E-state index contributed by atoms with van der Waals surface area (Å²) >= 11 is 0. The van der Waals surface area contributed by atoms with E-state index in [1.807, 2.05) is 24.4 Å². The van der Waals surface area contributed by atoms with Crippen LogP contribution in [-0.4, -0.2) is 36.1 Å². The first kappa shape index (κ1) is 12.7. The molecule has 0 unspecified atom stereocenters. The minimum atomic E-state index is 0.705. The van der Waals surface area contributed by atoms with Gasteiger partial charge in [0.2, 0.25) is 0 Å². The Morgan fingerprint density at radius 3 is 2.40 bits per heavy atom. The highest BCUT2D eigenvalue weighted by Crippen LogP contribution is 2.20. The van der Waals surface area contributed by atoms with Crippen LogP contribution in [0.4, 0.5) is 17.3 Å². The number of aryl methyl sites for hydroxylation is 1. The van der Waals surface area contributed by atoms with Gasteiger partial charge >= 0.3 is 0 Å². The van der Waals surface area contributed by atoms with Crippen molar-refractivity contribution in [1.29, 1.82) is 0 Å². The van der Waals surface area contributed by atoms with Gasteiger partial charge < -0.3 is 15.5 Å². The lowest BCUT2D eigenvalue weighted by Crippen LogP contribution is -2.47. The third kappa shape index (κ3) is 2.52. The van der Waals surface area contributed by atoms with Gasteiger partial charge in [-0.3, -0.25) is 0 Å². The summed E-state index contributed by atoms with van der Waals surface area (Å²) in [5.74, 6) is 2.09. The van der Waals surface area contributed by atoms with Crippen molar-refractivity contribution >= 4 is 17.3 Å². The highest BCUT2D eigenvalue weighted by atomic mass is 15.3. The predicted molar refractivity (Wildman–Crippen MR) is 82.0 cm³/mol. The van der Waals surface area contributed by atoms with Crippen LogP contribution >= 0.6 is 0 Å². The van der Waals surface area contributed by atoms with Gasteiger partial charge in [0.1, 0.15) is 11.6 Å². The number of hydrogen-bond donors (Lipinski definition) is 1. The summed E-state index contributed by atoms with van der Waals surface area (Å²) in [7, 11) is 0. The molecule has 2 N–H and O–H groups in total. The Morgan fingerprint density at radius 1 is 1.00 bits per heavy atom. The van der Waals surface area contributed by atoms with E-state index in [9.17, 15) is 0 Å². The maximum atomic E-state index is 5.67. The summed E-state index contributed by atoms with van der Waals surface area (Å²) in [5, 5.41) is 0. The second-order valence-electron chi connectivity index (χ2n) is 5.07. The van der Waals surface area contributed by atoms with E-state index in [4.69, 9.17) is 5.73 Å². The Kier molecular flexibility index (Phi) is 3.41. The number of pyridine rings is 2. The van der Waals surface area contributed by atoms with Crippen molar-refractivity contribution in [2.45, 2.75) is 6.92 Å². The smallest absolute Gasteiger partial charge is 0.131 e. The fraction of sp³-hybridized carbons (Fsp3) is 0.333. The quantitative estimate of drug-likeness (QED) is 0.899. The molecule has 1 aliphatic rings. The molecule has 3 heterocycles. The Bertz CT molecular complexity index is 573. The molecule has 5 nitrogen and oxygen atoms in total. The van der Waals surface area contributed by atoms with Crippen molar-refractivity contribution in [3.8, 4) is 0 Å². The Labute approximate surface area is 119 Å². The number of hydrogen-bond acceptors (Lipinski definition) is 5. The third-order valence-electron chi connectivity index (χ3n) is 3.66. The normalized spacial score (nSPS) is 15.4. The van der Waals surface area contributed by atoms with Gasteiger partial charge in [0.05, 0.1) is 11.9 Å². The van der Waals surface area contributed by atoms with Crippen molar-refractivity contribution in [3.05, 3.63) is 42.2 Å². The minimum absolute atomic E-state index is 0.705. The van der Waals surface area contributed by atoms with Gasteiger partial charge in [-0.25, -0.2) is 9.97 Å². The Balaban J connectivity index is 1.68. The van der Waals surface area contributed by atoms with Crippen molar-refractivity contribution in [1.82, 2.24) is 9.97 Å². The van der Waals surface area contributed by atoms with Crippen LogP contribution in [0.1, 0.15) is 5.56 Å². The summed E-state index contributed by atoms with van der Waals surface area (Å²) in [4.78, 5) is 13.5. The maximum absolute atomic E-state index is 5.67. The van der Waals surface area contributed by atoms with E-state index >= 15 is 0 Å². The summed E-state index contributed by atoms with van der Waals surface area (Å²) < 4.78 is 0. The largest absolute Gasteiger partial charge is 0.397 e. The van der Waals surface area contributed by atoms with Gasteiger partial charge in [-0.1, -0.05) is 6.07 Å². The average molecular weight is 269 g/mol. The SMILES string of the molecule is Cc1cccnc1N1CCN(c2ccc(N)cn2)CC1. The highest BCUT2D eigenvalue weighted by Gasteiger charge is 2.19. The van der Waals surface area contributed by atoms with Crippen LogP contribution < -0.4 is 15.5 Å². The van der Waals surface area contributed by atoms with E-state index in [0.717, 1.165) is 37.8 Å². The summed E-state index contributed by atoms with van der Waals surface area (Å²) in [6.45, 7) is 5.93. The molecule has 20 heavy (non-hydrogen) atoms. The van der Waals surface area contributed by atoms with Crippen LogP contribution in [-0.2, 0) is 0 Å². The van der Waals surface area contributed by atoms with Gasteiger partial charge in [-0.15, -0.1) is 0 Å². The number of nitrogens with two attached hydrogens (primary N) is 1. The second-order valence-corrected chi connectivity index (χ2v) is 5.07.